The van der Waals surface area contributed by atoms with Crippen LogP contribution >= 0.6 is 46.3 Å². The van der Waals surface area contributed by atoms with E-state index in [1.165, 1.54) is 24.3 Å². The van der Waals surface area contributed by atoms with Gasteiger partial charge in [0, 0.05) is 16.5 Å². The van der Waals surface area contributed by atoms with Crippen molar-refractivity contribution in [1.29, 1.82) is 0 Å². The number of para-hydroxylation sites is 1. The van der Waals surface area contributed by atoms with E-state index >= 15 is 0 Å². The van der Waals surface area contributed by atoms with Crippen LogP contribution < -0.4 is 15.1 Å². The van der Waals surface area contributed by atoms with E-state index in [9.17, 15) is 36.7 Å². The highest BCUT2D eigenvalue weighted by molar-refractivity contribution is 8.00. The molecule has 226 valence electrons. The normalized spacial score (nSPS) is 19.6. The molecule has 1 fully saturated rings. The second-order valence-electron chi connectivity index (χ2n) is 9.89. The largest absolute Gasteiger partial charge is 0.418 e. The molecule has 1 N–H and O–H groups in total. The number of fused-ring (bicyclic) bond motifs is 2. The number of hydrogen-bond acceptors (Lipinski definition) is 6. The third-order valence-electron chi connectivity index (χ3n) is 7.25. The van der Waals surface area contributed by atoms with Crippen molar-refractivity contribution in [1.82, 2.24) is 4.57 Å². The third kappa shape index (κ3) is 5.21. The molecule has 0 saturated carbocycles. The number of halogens is 6. The predicted octanol–water partition coefficient (Wildman–Crippen LogP) is 6.81. The van der Waals surface area contributed by atoms with Crippen LogP contribution in [0.1, 0.15) is 21.9 Å². The van der Waals surface area contributed by atoms with Gasteiger partial charge in [-0.2, -0.15) is 13.2 Å². The SMILES string of the molecule is O=C(Cn1c2c(sc1=O)C(c1cccc(Cl)c1Cl)C1C(=O)N(c3ccccc3C(F)(F)F)C(=O)C1S2)Nc1ccc(F)cc1. The summed E-state index contributed by atoms with van der Waals surface area (Å²) in [6, 6.07) is 13.9. The lowest BCUT2D eigenvalue weighted by molar-refractivity contribution is -0.137. The Balaban J connectivity index is 1.46. The van der Waals surface area contributed by atoms with Crippen molar-refractivity contribution in [2.45, 2.75) is 28.9 Å². The highest BCUT2D eigenvalue weighted by Crippen LogP contribution is 2.55. The average Bonchev–Trinajstić information content (AvgIpc) is 3.41. The monoisotopic (exact) mass is 681 g/mol. The van der Waals surface area contributed by atoms with Gasteiger partial charge in [0.25, 0.3) is 0 Å². The molecule has 1 saturated heterocycles. The standard InChI is InChI=1S/C29H17Cl2F4N3O4S2/c30-17-6-3-4-15(22(17)31)20-21-23(26(41)38(25(21)40)18-7-2-1-5-16(18)29(33,34)35)43-27-24(20)44-28(42)37(27)12-19(39)36-14-10-8-13(32)9-11-14/h1-11,20-21,23H,12H2,(H,36,39). The summed E-state index contributed by atoms with van der Waals surface area (Å²) >= 11 is 14.4. The van der Waals surface area contributed by atoms with E-state index in [1.807, 2.05) is 0 Å². The van der Waals surface area contributed by atoms with Crippen molar-refractivity contribution >= 4 is 75.4 Å². The fraction of sp³-hybridized carbons (Fsp3) is 0.172. The number of amides is 3. The first kappa shape index (κ1) is 30.4. The van der Waals surface area contributed by atoms with Crippen molar-refractivity contribution in [2.75, 3.05) is 10.2 Å². The minimum atomic E-state index is -4.86. The quantitative estimate of drug-likeness (QED) is 0.185. The summed E-state index contributed by atoms with van der Waals surface area (Å²) < 4.78 is 56.3. The van der Waals surface area contributed by atoms with Gasteiger partial charge in [-0.25, -0.2) is 9.29 Å². The number of alkyl halides is 3. The van der Waals surface area contributed by atoms with E-state index in [0.29, 0.717) is 15.3 Å². The van der Waals surface area contributed by atoms with Crippen LogP contribution in [0.25, 0.3) is 0 Å². The summed E-state index contributed by atoms with van der Waals surface area (Å²) in [5.41, 5.74) is -1.19. The first-order chi connectivity index (χ1) is 20.9. The molecule has 7 nitrogen and oxygen atoms in total. The first-order valence-electron chi connectivity index (χ1n) is 12.8. The zero-order chi connectivity index (χ0) is 31.5. The number of rotatable bonds is 5. The van der Waals surface area contributed by atoms with Gasteiger partial charge < -0.3 is 5.32 Å². The van der Waals surface area contributed by atoms with E-state index in [0.717, 1.165) is 58.0 Å². The minimum absolute atomic E-state index is 0.0478. The predicted molar refractivity (Wildman–Crippen MR) is 159 cm³/mol. The molecule has 2 aliphatic heterocycles. The molecule has 3 amide bonds. The van der Waals surface area contributed by atoms with Crippen LogP contribution in [0.2, 0.25) is 10.0 Å². The molecule has 0 bridgehead atoms. The van der Waals surface area contributed by atoms with Crippen molar-refractivity contribution in [2.24, 2.45) is 5.92 Å². The summed E-state index contributed by atoms with van der Waals surface area (Å²) in [5.74, 6) is -5.22. The van der Waals surface area contributed by atoms with Gasteiger partial charge in [-0.3, -0.25) is 23.7 Å². The van der Waals surface area contributed by atoms with Crippen molar-refractivity contribution in [3.8, 4) is 0 Å². The molecule has 3 atom stereocenters. The summed E-state index contributed by atoms with van der Waals surface area (Å²) in [5, 5.41) is 1.69. The Bertz CT molecular complexity index is 1890. The number of aromatic nitrogens is 1. The molecule has 0 aliphatic carbocycles. The lowest BCUT2D eigenvalue weighted by Crippen LogP contribution is -2.33. The molecule has 3 unspecified atom stereocenters. The van der Waals surface area contributed by atoms with Gasteiger partial charge in [0.05, 0.1) is 32.2 Å². The number of nitrogens with zero attached hydrogens (tertiary/aromatic N) is 2. The van der Waals surface area contributed by atoms with E-state index in [2.05, 4.69) is 5.32 Å². The molecular weight excluding hydrogens is 665 g/mol. The molecule has 44 heavy (non-hydrogen) atoms. The van der Waals surface area contributed by atoms with Crippen LogP contribution in [0.15, 0.2) is 76.6 Å². The third-order valence-corrected chi connectivity index (χ3v) is 10.7. The molecule has 0 spiro atoms. The van der Waals surface area contributed by atoms with Crippen LogP contribution in [0.3, 0.4) is 0 Å². The van der Waals surface area contributed by atoms with Crippen LogP contribution in [0.4, 0.5) is 28.9 Å². The Kier molecular flexibility index (Phi) is 7.85. The Morgan fingerprint density at radius 1 is 0.932 bits per heavy atom. The summed E-state index contributed by atoms with van der Waals surface area (Å²) in [6.45, 7) is -0.495. The smallest absolute Gasteiger partial charge is 0.325 e. The number of benzene rings is 3. The van der Waals surface area contributed by atoms with Crippen molar-refractivity contribution < 1.29 is 31.9 Å². The lowest BCUT2D eigenvalue weighted by Gasteiger charge is -2.31. The van der Waals surface area contributed by atoms with Gasteiger partial charge in [0.15, 0.2) is 0 Å². The fourth-order valence-electron chi connectivity index (χ4n) is 5.37. The molecule has 3 aromatic carbocycles. The second kappa shape index (κ2) is 11.4. The number of anilines is 2. The Morgan fingerprint density at radius 3 is 2.34 bits per heavy atom. The number of carbonyl (C=O) groups is 3. The number of imide groups is 1. The van der Waals surface area contributed by atoms with Gasteiger partial charge in [0.1, 0.15) is 17.6 Å². The van der Waals surface area contributed by atoms with Gasteiger partial charge in [-0.05, 0) is 48.0 Å². The highest BCUT2D eigenvalue weighted by atomic mass is 35.5. The second-order valence-corrected chi connectivity index (χ2v) is 12.8. The minimum Gasteiger partial charge on any atom is -0.325 e. The molecule has 6 rings (SSSR count). The zero-order valence-corrected chi connectivity index (χ0v) is 25.0. The topological polar surface area (TPSA) is 88.5 Å². The molecule has 15 heteroatoms. The Hall–Kier alpha value is -3.65. The van der Waals surface area contributed by atoms with Gasteiger partial charge in [-0.1, -0.05) is 70.6 Å². The number of nitrogens with one attached hydrogen (secondary N) is 1. The molecule has 1 aromatic heterocycles. The summed E-state index contributed by atoms with van der Waals surface area (Å²) in [6.07, 6.45) is -4.86. The maximum atomic E-state index is 14.0. The van der Waals surface area contributed by atoms with Gasteiger partial charge in [0.2, 0.25) is 17.7 Å². The molecule has 4 aromatic rings. The fourth-order valence-corrected chi connectivity index (χ4v) is 8.56. The van der Waals surface area contributed by atoms with Crippen molar-refractivity contribution in [3.63, 3.8) is 0 Å². The molecular formula is C29H17Cl2F4N3O4S2. The van der Waals surface area contributed by atoms with Crippen molar-refractivity contribution in [3.05, 3.63) is 108 Å². The van der Waals surface area contributed by atoms with E-state index in [1.54, 1.807) is 12.1 Å². The number of hydrogen-bond donors (Lipinski definition) is 1. The van der Waals surface area contributed by atoms with Crippen LogP contribution in [-0.2, 0) is 27.1 Å². The number of thioether (sulfide) groups is 1. The van der Waals surface area contributed by atoms with E-state index in [4.69, 9.17) is 23.2 Å². The van der Waals surface area contributed by atoms with Crippen LogP contribution in [0.5, 0.6) is 0 Å². The highest BCUT2D eigenvalue weighted by Gasteiger charge is 2.58. The first-order valence-corrected chi connectivity index (χ1v) is 15.3. The van der Waals surface area contributed by atoms with Gasteiger partial charge >= 0.3 is 11.0 Å². The lowest BCUT2D eigenvalue weighted by atomic mass is 9.83. The number of thiazole rings is 1. The Morgan fingerprint density at radius 2 is 1.64 bits per heavy atom. The number of carbonyl (C=O) groups excluding carboxylic acids is 3. The molecule has 0 radical (unpaired) electrons. The zero-order valence-electron chi connectivity index (χ0n) is 21.9. The van der Waals surface area contributed by atoms with E-state index in [-0.39, 0.29) is 20.8 Å². The maximum absolute atomic E-state index is 14.0. The Labute approximate surface area is 264 Å². The molecule has 3 heterocycles. The van der Waals surface area contributed by atoms with Gasteiger partial charge in [-0.15, -0.1) is 0 Å². The summed E-state index contributed by atoms with van der Waals surface area (Å²) in [7, 11) is 0. The maximum Gasteiger partial charge on any atom is 0.418 e. The van der Waals surface area contributed by atoms with Crippen LogP contribution in [0, 0.1) is 11.7 Å². The average molecular weight is 683 g/mol. The van der Waals surface area contributed by atoms with E-state index < -0.39 is 69.5 Å². The summed E-state index contributed by atoms with van der Waals surface area (Å²) in [4.78, 5) is 54.3. The van der Waals surface area contributed by atoms with Crippen LogP contribution in [-0.4, -0.2) is 27.5 Å². The molecule has 2 aliphatic rings.